The Morgan fingerprint density at radius 2 is 0.205 bits per heavy atom. The fourth-order valence-corrected chi connectivity index (χ4v) is 10.9. The van der Waals surface area contributed by atoms with Gasteiger partial charge in [-0.1, -0.05) is 340 Å². The van der Waals surface area contributed by atoms with E-state index < -0.39 is 0 Å². The molecule has 0 aliphatic carbocycles. The maximum absolute atomic E-state index is 2.29. The topological polar surface area (TPSA) is 0 Å². The van der Waals surface area contributed by atoms with Crippen molar-refractivity contribution in [3.63, 3.8) is 0 Å². The van der Waals surface area contributed by atoms with Gasteiger partial charge in [0.05, 0.1) is 0 Å². The maximum atomic E-state index is 2.29. The maximum Gasteiger partial charge on any atom is -0.00268 e. The smallest absolute Gasteiger partial charge is 0.00268 e. The van der Waals surface area contributed by atoms with Crippen molar-refractivity contribution in [1.82, 2.24) is 0 Å². The second-order valence-corrected chi connectivity index (χ2v) is 19.5. The third kappa shape index (κ3) is 10.6. The van der Waals surface area contributed by atoms with Gasteiger partial charge in [-0.15, -0.1) is 0 Å². The molecule has 0 heterocycles. The Bertz CT molecular complexity index is 3620. The molecule has 0 radical (unpaired) electrons. The van der Waals surface area contributed by atoms with Crippen LogP contribution in [0.5, 0.6) is 0 Å². The molecule has 0 aliphatic rings. The summed E-state index contributed by atoms with van der Waals surface area (Å²) in [5.74, 6) is 0. The first-order chi connectivity index (χ1) is 38.7. The minimum absolute atomic E-state index is 1.15. The monoisotopic (exact) mass is 992 g/mol. The number of hydrogen-bond acceptors (Lipinski definition) is 0. The third-order valence-corrected chi connectivity index (χ3v) is 14.6. The summed E-state index contributed by atoms with van der Waals surface area (Å²) in [6, 6.07) is 123. The first kappa shape index (κ1) is 48.8. The van der Waals surface area contributed by atoms with E-state index in [0.29, 0.717) is 0 Å². The highest BCUT2D eigenvalue weighted by Gasteiger charge is 2.20. The van der Waals surface area contributed by atoms with Crippen molar-refractivity contribution in [2.24, 2.45) is 0 Å². The highest BCUT2D eigenvalue weighted by Crippen LogP contribution is 2.42. The predicted molar refractivity (Wildman–Crippen MR) is 330 cm³/mol. The summed E-state index contributed by atoms with van der Waals surface area (Å²) in [5.41, 5.74) is 25.9. The largest absolute Gasteiger partial charge is 0.0622 e. The molecule has 12 aromatic rings. The van der Waals surface area contributed by atoms with Crippen LogP contribution >= 0.6 is 0 Å². The van der Waals surface area contributed by atoms with E-state index in [9.17, 15) is 0 Å². The molecule has 0 fully saturated rings. The average molecular weight is 993 g/mol. The molecule has 0 atom stereocenters. The van der Waals surface area contributed by atoms with Crippen LogP contribution in [0, 0.1) is 0 Å². The molecule has 368 valence electrons. The molecule has 0 heteroatoms. The molecule has 0 saturated heterocycles. The summed E-state index contributed by atoms with van der Waals surface area (Å²) in [4.78, 5) is 0. The summed E-state index contributed by atoms with van der Waals surface area (Å²) < 4.78 is 0. The molecule has 0 unspecified atom stereocenters. The Labute approximate surface area is 459 Å². The van der Waals surface area contributed by atoms with Crippen molar-refractivity contribution in [2.75, 3.05) is 0 Å². The van der Waals surface area contributed by atoms with Gasteiger partial charge in [0.25, 0.3) is 0 Å². The molecule has 0 nitrogen and oxygen atoms in total. The quantitative estimate of drug-likeness (QED) is 0.0953. The predicted octanol–water partition coefficient (Wildman–Crippen LogP) is 20.0. The lowest BCUT2D eigenvalue weighted by atomic mass is 9.84. The van der Waals surface area contributed by atoms with Gasteiger partial charge in [-0.05, 0) is 122 Å². The normalized spacial score (nSPS) is 11.3. The van der Waals surface area contributed by atoms with E-state index in [1.807, 2.05) is 0 Å². The van der Waals surface area contributed by atoms with Gasteiger partial charge >= 0.3 is 0 Å². The molecule has 0 spiro atoms. The minimum Gasteiger partial charge on any atom is -0.0622 e. The molecule has 0 aliphatic heterocycles. The second-order valence-electron chi connectivity index (χ2n) is 19.5. The lowest BCUT2D eigenvalue weighted by Crippen LogP contribution is -1.98. The highest BCUT2D eigenvalue weighted by molar-refractivity contribution is 6.07. The van der Waals surface area contributed by atoms with Crippen LogP contribution in [0.3, 0.4) is 0 Å². The Hall–Kier alpha value is -10.1. The van der Waals surface area contributed by atoms with Crippen LogP contribution in [0.1, 0.15) is 66.8 Å². The van der Waals surface area contributed by atoms with Crippen LogP contribution in [0.15, 0.2) is 340 Å². The average Bonchev–Trinajstić information content (AvgIpc) is 3.55. The number of hydrogen-bond donors (Lipinski definition) is 0. The molecule has 0 aromatic heterocycles. The molecule has 78 heavy (non-hydrogen) atoms. The summed E-state index contributed by atoms with van der Waals surface area (Å²) in [5, 5.41) is 0. The fourth-order valence-electron chi connectivity index (χ4n) is 10.9. The van der Waals surface area contributed by atoms with Crippen molar-refractivity contribution >= 4 is 33.4 Å². The van der Waals surface area contributed by atoms with E-state index in [2.05, 4.69) is 340 Å². The fraction of sp³-hybridized carbons (Fsp3) is 0. The van der Waals surface area contributed by atoms with E-state index in [1.54, 1.807) is 0 Å². The van der Waals surface area contributed by atoms with E-state index in [4.69, 9.17) is 0 Å². The third-order valence-electron chi connectivity index (χ3n) is 14.6. The molecule has 12 aromatic carbocycles. The summed E-state index contributed by atoms with van der Waals surface area (Å²) in [6.45, 7) is 0. The number of rotatable bonds is 14. The van der Waals surface area contributed by atoms with Gasteiger partial charge in [-0.25, -0.2) is 0 Å². The lowest BCUT2D eigenvalue weighted by Gasteiger charge is -2.19. The van der Waals surface area contributed by atoms with Crippen LogP contribution in [0.2, 0.25) is 0 Å². The zero-order valence-electron chi connectivity index (χ0n) is 43.3. The van der Waals surface area contributed by atoms with Gasteiger partial charge in [-0.3, -0.25) is 0 Å². The summed E-state index contributed by atoms with van der Waals surface area (Å²) >= 11 is 0. The standard InChI is InChI=1S/C78H56/c1-9-25-61(26-10-1)73(62-27-11-2-12-28-62)75(65-33-17-5-18-34-65)69-49-41-57(42-50-69)59-45-53-71(54-46-59)77(67-37-21-7-22-38-67)78(68-39-23-8-24-40-68)72-55-47-60(48-56-72)58-43-51-70(52-44-58)76(66-35-19-6-20-36-66)74(63-29-13-3-14-30-63)64-31-15-4-16-32-64/h1-56H/b78-77+. The Morgan fingerprint density at radius 3 is 0.321 bits per heavy atom. The molecule has 0 saturated carbocycles. The van der Waals surface area contributed by atoms with Crippen LogP contribution in [0.25, 0.3) is 55.7 Å². The molecule has 0 amide bonds. The van der Waals surface area contributed by atoms with Crippen LogP contribution in [0.4, 0.5) is 0 Å². The van der Waals surface area contributed by atoms with Gasteiger partial charge in [0, 0.05) is 0 Å². The van der Waals surface area contributed by atoms with Crippen molar-refractivity contribution in [3.05, 3.63) is 406 Å². The minimum atomic E-state index is 1.15. The molecular formula is C78H56. The van der Waals surface area contributed by atoms with E-state index in [-0.39, 0.29) is 0 Å². The second kappa shape index (κ2) is 23.2. The number of benzene rings is 12. The molecule has 12 rings (SSSR count). The van der Waals surface area contributed by atoms with Crippen molar-refractivity contribution in [3.8, 4) is 22.3 Å². The van der Waals surface area contributed by atoms with Crippen LogP contribution in [-0.2, 0) is 0 Å². The zero-order chi connectivity index (χ0) is 52.3. The van der Waals surface area contributed by atoms with Gasteiger partial charge in [0.1, 0.15) is 0 Å². The van der Waals surface area contributed by atoms with Gasteiger partial charge in [-0.2, -0.15) is 0 Å². The zero-order valence-corrected chi connectivity index (χ0v) is 43.3. The SMILES string of the molecule is c1ccc(C(=C(c2ccccc2)c2ccc(-c3ccc(/C(=C(\c4ccccc4)c4ccc(-c5ccc(C(=C(c6ccccc6)c6ccccc6)c6ccccc6)cc5)cc4)c4ccccc4)cc3)cc2)c2ccccc2)cc1. The summed E-state index contributed by atoms with van der Waals surface area (Å²) in [7, 11) is 0. The van der Waals surface area contributed by atoms with Gasteiger partial charge in [0.15, 0.2) is 0 Å². The first-order valence-corrected chi connectivity index (χ1v) is 26.8. The van der Waals surface area contributed by atoms with Crippen molar-refractivity contribution in [1.29, 1.82) is 0 Å². The lowest BCUT2D eigenvalue weighted by molar-refractivity contribution is 1.48. The molecule has 0 bridgehead atoms. The van der Waals surface area contributed by atoms with Crippen LogP contribution in [-0.4, -0.2) is 0 Å². The van der Waals surface area contributed by atoms with E-state index in [1.165, 1.54) is 77.9 Å². The van der Waals surface area contributed by atoms with Crippen LogP contribution < -0.4 is 0 Å². The first-order valence-electron chi connectivity index (χ1n) is 26.8. The van der Waals surface area contributed by atoms with E-state index >= 15 is 0 Å². The Balaban J connectivity index is 0.910. The molecular weight excluding hydrogens is 937 g/mol. The summed E-state index contributed by atoms with van der Waals surface area (Å²) in [6.07, 6.45) is 0. The van der Waals surface area contributed by atoms with E-state index in [0.717, 1.165) is 44.5 Å². The Morgan fingerprint density at radius 1 is 0.103 bits per heavy atom. The molecule has 0 N–H and O–H groups in total. The Kier molecular flexibility index (Phi) is 14.5. The van der Waals surface area contributed by atoms with Crippen molar-refractivity contribution in [2.45, 2.75) is 0 Å². The van der Waals surface area contributed by atoms with Gasteiger partial charge < -0.3 is 0 Å². The van der Waals surface area contributed by atoms with Crippen molar-refractivity contribution < 1.29 is 0 Å². The highest BCUT2D eigenvalue weighted by atomic mass is 14.2. The van der Waals surface area contributed by atoms with Gasteiger partial charge in [0.2, 0.25) is 0 Å².